The van der Waals surface area contributed by atoms with E-state index < -0.39 is 0 Å². The van der Waals surface area contributed by atoms with Crippen molar-refractivity contribution in [3.05, 3.63) is 29.8 Å². The molecular weight excluding hydrogens is 304 g/mol. The van der Waals surface area contributed by atoms with E-state index in [0.29, 0.717) is 19.6 Å². The monoisotopic (exact) mass is 332 g/mol. The first kappa shape index (κ1) is 17.2. The van der Waals surface area contributed by atoms with Crippen molar-refractivity contribution < 1.29 is 14.3 Å². The number of ether oxygens (including phenoxy) is 2. The zero-order valence-electron chi connectivity index (χ0n) is 14.7. The van der Waals surface area contributed by atoms with Crippen LogP contribution < -0.4 is 10.2 Å². The molecule has 2 aliphatic rings. The van der Waals surface area contributed by atoms with Gasteiger partial charge in [0.05, 0.1) is 12.2 Å². The molecule has 0 bridgehead atoms. The first-order valence-electron chi connectivity index (χ1n) is 8.84. The quantitative estimate of drug-likeness (QED) is 0.897. The summed E-state index contributed by atoms with van der Waals surface area (Å²) in [6, 6.07) is 8.56. The highest BCUT2D eigenvalue weighted by atomic mass is 16.6. The van der Waals surface area contributed by atoms with E-state index in [9.17, 15) is 4.79 Å². The van der Waals surface area contributed by atoms with Crippen molar-refractivity contribution in [3.8, 4) is 0 Å². The van der Waals surface area contributed by atoms with Gasteiger partial charge >= 0.3 is 0 Å². The summed E-state index contributed by atoms with van der Waals surface area (Å²) in [5.74, 6) is 0.131. The minimum absolute atomic E-state index is 0.131. The molecule has 1 aromatic rings. The van der Waals surface area contributed by atoms with E-state index in [1.807, 2.05) is 20.2 Å². The fraction of sp³-hybridized carbons (Fsp3) is 0.632. The lowest BCUT2D eigenvalue weighted by atomic mass is 9.89. The lowest BCUT2D eigenvalue weighted by Gasteiger charge is -2.37. The molecule has 1 N–H and O–H groups in total. The molecule has 1 amide bonds. The maximum Gasteiger partial charge on any atom is 0.220 e. The van der Waals surface area contributed by atoms with Crippen LogP contribution in [0.3, 0.4) is 0 Å². The van der Waals surface area contributed by atoms with Crippen LogP contribution in [0.5, 0.6) is 0 Å². The van der Waals surface area contributed by atoms with E-state index in [-0.39, 0.29) is 17.6 Å². The Kier molecular flexibility index (Phi) is 5.41. The van der Waals surface area contributed by atoms with Gasteiger partial charge < -0.3 is 19.7 Å². The Bertz CT molecular complexity index is 567. The van der Waals surface area contributed by atoms with Gasteiger partial charge in [-0.05, 0) is 37.0 Å². The molecule has 2 heterocycles. The van der Waals surface area contributed by atoms with E-state index in [2.05, 4.69) is 28.4 Å². The Morgan fingerprint density at radius 3 is 3.00 bits per heavy atom. The average molecular weight is 332 g/mol. The van der Waals surface area contributed by atoms with Gasteiger partial charge in [0.1, 0.15) is 0 Å². The van der Waals surface area contributed by atoms with Crippen LogP contribution in [0.15, 0.2) is 24.3 Å². The molecule has 0 radical (unpaired) electrons. The number of hydrogen-bond acceptors (Lipinski definition) is 4. The van der Waals surface area contributed by atoms with E-state index in [0.717, 1.165) is 32.3 Å². The molecule has 0 unspecified atom stereocenters. The molecule has 1 spiro atoms. The van der Waals surface area contributed by atoms with Gasteiger partial charge in [0.15, 0.2) is 0 Å². The van der Waals surface area contributed by atoms with Crippen molar-refractivity contribution in [1.82, 2.24) is 5.32 Å². The number of nitrogens with zero attached hydrogens (tertiary/aromatic N) is 1. The van der Waals surface area contributed by atoms with Gasteiger partial charge in [0.25, 0.3) is 0 Å². The number of carbonyl (C=O) groups excluding carboxylic acids is 1. The molecule has 3 rings (SSSR count). The maximum absolute atomic E-state index is 12.3. The maximum atomic E-state index is 12.3. The van der Waals surface area contributed by atoms with Crippen molar-refractivity contribution in [3.63, 3.8) is 0 Å². The van der Waals surface area contributed by atoms with Gasteiger partial charge in [-0.15, -0.1) is 0 Å². The van der Waals surface area contributed by atoms with Gasteiger partial charge in [-0.2, -0.15) is 0 Å². The predicted octanol–water partition coefficient (Wildman–Crippen LogP) is 2.14. The van der Waals surface area contributed by atoms with E-state index in [1.165, 1.54) is 11.3 Å². The Balaban J connectivity index is 1.48. The highest BCUT2D eigenvalue weighted by molar-refractivity contribution is 5.76. The number of nitrogens with one attached hydrogen (secondary N) is 1. The molecule has 24 heavy (non-hydrogen) atoms. The first-order chi connectivity index (χ1) is 11.6. The van der Waals surface area contributed by atoms with Gasteiger partial charge in [-0.25, -0.2) is 0 Å². The molecule has 0 aliphatic carbocycles. The summed E-state index contributed by atoms with van der Waals surface area (Å²) in [7, 11) is 4.05. The lowest BCUT2D eigenvalue weighted by Crippen LogP contribution is -2.49. The number of anilines is 1. The molecule has 0 aromatic heterocycles. The second-order valence-corrected chi connectivity index (χ2v) is 7.16. The smallest absolute Gasteiger partial charge is 0.220 e. The molecule has 2 atom stereocenters. The average Bonchev–Trinajstić information content (AvgIpc) is 3.01. The molecule has 2 saturated heterocycles. The van der Waals surface area contributed by atoms with Crippen LogP contribution in [-0.4, -0.2) is 51.5 Å². The van der Waals surface area contributed by atoms with Crippen LogP contribution in [0.25, 0.3) is 0 Å². The van der Waals surface area contributed by atoms with Gasteiger partial charge in [0, 0.05) is 51.9 Å². The number of aryl methyl sites for hydroxylation is 1. The third kappa shape index (κ3) is 4.28. The van der Waals surface area contributed by atoms with Crippen LogP contribution >= 0.6 is 0 Å². The normalized spacial score (nSPS) is 26.5. The van der Waals surface area contributed by atoms with Gasteiger partial charge in [-0.1, -0.05) is 12.1 Å². The largest absolute Gasteiger partial charge is 0.378 e. The van der Waals surface area contributed by atoms with Crippen LogP contribution in [0.2, 0.25) is 0 Å². The lowest BCUT2D eigenvalue weighted by molar-refractivity contribution is -0.125. The molecular formula is C19H28N2O3. The van der Waals surface area contributed by atoms with Crippen molar-refractivity contribution in [2.45, 2.75) is 43.7 Å². The minimum atomic E-state index is -0.157. The molecule has 2 fully saturated rings. The predicted molar refractivity (Wildman–Crippen MR) is 94.4 cm³/mol. The molecule has 2 aliphatic heterocycles. The summed E-state index contributed by atoms with van der Waals surface area (Å²) in [4.78, 5) is 14.4. The Morgan fingerprint density at radius 2 is 2.25 bits per heavy atom. The standard InChI is InChI=1S/C19H28N2O3/c1-21(2)17-5-3-4-15(12-17)6-7-18(22)20-16-8-10-24-19(13-16)9-11-23-14-19/h3-5,12,16H,6-11,13-14H2,1-2H3,(H,20,22)/t16-,19+/m1/s1. The Morgan fingerprint density at radius 1 is 1.38 bits per heavy atom. The summed E-state index contributed by atoms with van der Waals surface area (Å²) in [6.45, 7) is 2.14. The fourth-order valence-corrected chi connectivity index (χ4v) is 3.56. The van der Waals surface area contributed by atoms with E-state index >= 15 is 0 Å². The zero-order valence-corrected chi connectivity index (χ0v) is 14.7. The third-order valence-electron chi connectivity index (χ3n) is 4.99. The summed E-state index contributed by atoms with van der Waals surface area (Å²) < 4.78 is 11.4. The Labute approximate surface area is 144 Å². The number of hydrogen-bond donors (Lipinski definition) is 1. The van der Waals surface area contributed by atoms with Crippen LogP contribution in [0.1, 0.15) is 31.2 Å². The summed E-state index contributed by atoms with van der Waals surface area (Å²) in [5, 5.41) is 3.19. The highest BCUT2D eigenvalue weighted by Crippen LogP contribution is 2.32. The zero-order chi connectivity index (χ0) is 17.0. The molecule has 132 valence electrons. The second-order valence-electron chi connectivity index (χ2n) is 7.16. The van der Waals surface area contributed by atoms with Crippen LogP contribution in [-0.2, 0) is 20.7 Å². The van der Waals surface area contributed by atoms with Crippen molar-refractivity contribution in [2.75, 3.05) is 38.8 Å². The topological polar surface area (TPSA) is 50.8 Å². The summed E-state index contributed by atoms with van der Waals surface area (Å²) in [6.07, 6.45) is 4.00. The SMILES string of the molecule is CN(C)c1cccc(CCC(=O)N[C@@H]2CCO[C@@]3(CCOC3)C2)c1. The second kappa shape index (κ2) is 7.53. The first-order valence-corrected chi connectivity index (χ1v) is 8.84. The number of benzene rings is 1. The van der Waals surface area contributed by atoms with Crippen molar-refractivity contribution >= 4 is 11.6 Å². The van der Waals surface area contributed by atoms with Crippen molar-refractivity contribution in [2.24, 2.45) is 0 Å². The molecule has 1 aromatic carbocycles. The summed E-state index contributed by atoms with van der Waals surface area (Å²) in [5.41, 5.74) is 2.21. The molecule has 5 heteroatoms. The van der Waals surface area contributed by atoms with Crippen LogP contribution in [0, 0.1) is 0 Å². The fourth-order valence-electron chi connectivity index (χ4n) is 3.56. The highest BCUT2D eigenvalue weighted by Gasteiger charge is 2.41. The summed E-state index contributed by atoms with van der Waals surface area (Å²) >= 11 is 0. The third-order valence-corrected chi connectivity index (χ3v) is 4.99. The van der Waals surface area contributed by atoms with Crippen molar-refractivity contribution in [1.29, 1.82) is 0 Å². The van der Waals surface area contributed by atoms with Gasteiger partial charge in [0.2, 0.25) is 5.91 Å². The van der Waals surface area contributed by atoms with Crippen LogP contribution in [0.4, 0.5) is 5.69 Å². The minimum Gasteiger partial charge on any atom is -0.378 e. The van der Waals surface area contributed by atoms with Gasteiger partial charge in [-0.3, -0.25) is 4.79 Å². The molecule has 0 saturated carbocycles. The number of carbonyl (C=O) groups is 1. The van der Waals surface area contributed by atoms with E-state index in [1.54, 1.807) is 0 Å². The number of amides is 1. The Hall–Kier alpha value is -1.59. The number of rotatable bonds is 5. The molecule has 5 nitrogen and oxygen atoms in total. The van der Waals surface area contributed by atoms with E-state index in [4.69, 9.17) is 9.47 Å².